The average Bonchev–Trinajstić information content (AvgIpc) is 2.29. The van der Waals surface area contributed by atoms with E-state index in [9.17, 15) is 5.11 Å². The van der Waals surface area contributed by atoms with Gasteiger partial charge in [0.25, 0.3) is 0 Å². The minimum Gasteiger partial charge on any atom is -0.456 e. The minimum absolute atomic E-state index is 0.574. The highest BCUT2D eigenvalue weighted by Gasteiger charge is 2.03. The van der Waals surface area contributed by atoms with Gasteiger partial charge in [0.1, 0.15) is 11.5 Å². The van der Waals surface area contributed by atoms with E-state index in [0.717, 1.165) is 0 Å². The van der Waals surface area contributed by atoms with Gasteiger partial charge >= 0.3 is 0 Å². The molecular weight excluding hydrogens is 238 g/mol. The van der Waals surface area contributed by atoms with Crippen molar-refractivity contribution in [1.29, 1.82) is 0 Å². The van der Waals surface area contributed by atoms with Gasteiger partial charge in [-0.15, -0.1) is 0 Å². The molecule has 0 amide bonds. The Morgan fingerprint density at radius 3 is 2.65 bits per heavy atom. The topological polar surface area (TPSA) is 42.4 Å². The van der Waals surface area contributed by atoms with Crippen molar-refractivity contribution in [2.45, 2.75) is 13.0 Å². The van der Waals surface area contributed by atoms with E-state index in [4.69, 9.17) is 16.3 Å². The molecule has 0 aliphatic heterocycles. The minimum atomic E-state index is -0.574. The van der Waals surface area contributed by atoms with Crippen LogP contribution in [0.3, 0.4) is 0 Å². The second-order valence-electron chi connectivity index (χ2n) is 3.65. The molecule has 88 valence electrons. The molecule has 4 heteroatoms. The fourth-order valence-electron chi connectivity index (χ4n) is 1.37. The van der Waals surface area contributed by atoms with E-state index in [0.29, 0.717) is 22.2 Å². The smallest absolute Gasteiger partial charge is 0.145 e. The maximum atomic E-state index is 9.32. The first-order valence-corrected chi connectivity index (χ1v) is 5.60. The summed E-state index contributed by atoms with van der Waals surface area (Å²) >= 11 is 5.85. The molecule has 0 spiro atoms. The average molecular weight is 250 g/mol. The first kappa shape index (κ1) is 11.9. The van der Waals surface area contributed by atoms with Crippen LogP contribution in [0.15, 0.2) is 42.6 Å². The number of hydrogen-bond acceptors (Lipinski definition) is 3. The van der Waals surface area contributed by atoms with Gasteiger partial charge in [0, 0.05) is 5.02 Å². The molecular formula is C13H12ClNO2. The lowest BCUT2D eigenvalue weighted by Crippen LogP contribution is -1.95. The number of rotatable bonds is 3. The van der Waals surface area contributed by atoms with Gasteiger partial charge in [-0.2, -0.15) is 0 Å². The van der Waals surface area contributed by atoms with E-state index < -0.39 is 6.10 Å². The molecule has 3 nitrogen and oxygen atoms in total. The van der Waals surface area contributed by atoms with Crippen LogP contribution in [0.4, 0.5) is 0 Å². The molecule has 0 saturated heterocycles. The summed E-state index contributed by atoms with van der Waals surface area (Å²) in [6.45, 7) is 1.67. The van der Waals surface area contributed by atoms with Gasteiger partial charge in [-0.25, -0.2) is 0 Å². The summed E-state index contributed by atoms with van der Waals surface area (Å²) in [6, 6.07) is 10.6. The Morgan fingerprint density at radius 1 is 1.24 bits per heavy atom. The monoisotopic (exact) mass is 249 g/mol. The molecule has 1 N–H and O–H groups in total. The fraction of sp³-hybridized carbons (Fsp3) is 0.154. The zero-order valence-electron chi connectivity index (χ0n) is 9.30. The Labute approximate surface area is 105 Å². The summed E-state index contributed by atoms with van der Waals surface area (Å²) in [5.41, 5.74) is 0.614. The zero-order chi connectivity index (χ0) is 12.3. The van der Waals surface area contributed by atoms with Gasteiger partial charge < -0.3 is 9.84 Å². The standard InChI is InChI=1S/C13H12ClNO2/c1-9(16)13-6-5-12(8-15-13)17-11-4-2-3-10(14)7-11/h2-9,16H,1H3. The number of halogens is 1. The number of aromatic nitrogens is 1. The quantitative estimate of drug-likeness (QED) is 0.904. The van der Waals surface area contributed by atoms with Crippen LogP contribution in [0, 0.1) is 0 Å². The Balaban J connectivity index is 2.14. The molecule has 1 aromatic heterocycles. The number of nitrogens with zero attached hydrogens (tertiary/aromatic N) is 1. The highest BCUT2D eigenvalue weighted by molar-refractivity contribution is 6.30. The summed E-state index contributed by atoms with van der Waals surface area (Å²) in [5, 5.41) is 9.94. The van der Waals surface area contributed by atoms with E-state index in [1.165, 1.54) is 0 Å². The molecule has 1 atom stereocenters. The lowest BCUT2D eigenvalue weighted by atomic mass is 10.2. The van der Waals surface area contributed by atoms with Crippen molar-refractivity contribution in [3.8, 4) is 11.5 Å². The van der Waals surface area contributed by atoms with E-state index in [2.05, 4.69) is 4.98 Å². The summed E-state index contributed by atoms with van der Waals surface area (Å²) in [7, 11) is 0. The number of benzene rings is 1. The van der Waals surface area contributed by atoms with Crippen molar-refractivity contribution in [3.05, 3.63) is 53.3 Å². The Bertz CT molecular complexity index is 497. The van der Waals surface area contributed by atoms with Crippen molar-refractivity contribution in [2.75, 3.05) is 0 Å². The van der Waals surface area contributed by atoms with Gasteiger partial charge in [0.05, 0.1) is 18.0 Å². The van der Waals surface area contributed by atoms with Crippen LogP contribution in [-0.4, -0.2) is 10.1 Å². The van der Waals surface area contributed by atoms with E-state index in [-0.39, 0.29) is 0 Å². The zero-order valence-corrected chi connectivity index (χ0v) is 10.1. The van der Waals surface area contributed by atoms with Crippen LogP contribution >= 0.6 is 11.6 Å². The maximum Gasteiger partial charge on any atom is 0.145 e. The second kappa shape index (κ2) is 5.17. The normalized spacial score (nSPS) is 12.2. The lowest BCUT2D eigenvalue weighted by molar-refractivity contribution is 0.194. The lowest BCUT2D eigenvalue weighted by Gasteiger charge is -2.07. The molecule has 0 aliphatic carbocycles. The molecule has 17 heavy (non-hydrogen) atoms. The first-order valence-electron chi connectivity index (χ1n) is 5.22. The Hall–Kier alpha value is -1.58. The second-order valence-corrected chi connectivity index (χ2v) is 4.09. The molecule has 2 aromatic rings. The maximum absolute atomic E-state index is 9.32. The molecule has 0 radical (unpaired) electrons. The van der Waals surface area contributed by atoms with Gasteiger partial charge in [-0.1, -0.05) is 17.7 Å². The van der Waals surface area contributed by atoms with Crippen molar-refractivity contribution >= 4 is 11.6 Å². The number of pyridine rings is 1. The van der Waals surface area contributed by atoms with Crippen LogP contribution in [0.25, 0.3) is 0 Å². The largest absolute Gasteiger partial charge is 0.456 e. The molecule has 2 rings (SSSR count). The molecule has 1 unspecified atom stereocenters. The summed E-state index contributed by atoms with van der Waals surface area (Å²) < 4.78 is 5.57. The summed E-state index contributed by atoms with van der Waals surface area (Å²) in [6.07, 6.45) is 0.999. The van der Waals surface area contributed by atoms with Crippen LogP contribution in [0.5, 0.6) is 11.5 Å². The van der Waals surface area contributed by atoms with Crippen LogP contribution in [-0.2, 0) is 0 Å². The first-order chi connectivity index (χ1) is 8.15. The van der Waals surface area contributed by atoms with E-state index in [1.807, 2.05) is 12.1 Å². The fourth-order valence-corrected chi connectivity index (χ4v) is 1.55. The number of aliphatic hydroxyl groups is 1. The third kappa shape index (κ3) is 3.19. The highest BCUT2D eigenvalue weighted by atomic mass is 35.5. The van der Waals surface area contributed by atoms with Crippen LogP contribution in [0.1, 0.15) is 18.7 Å². The van der Waals surface area contributed by atoms with E-state index >= 15 is 0 Å². The third-order valence-corrected chi connectivity index (χ3v) is 2.45. The number of ether oxygens (including phenoxy) is 1. The molecule has 1 heterocycles. The molecule has 0 fully saturated rings. The Kier molecular flexibility index (Phi) is 3.61. The molecule has 0 aliphatic rings. The van der Waals surface area contributed by atoms with Gasteiger partial charge in [0.15, 0.2) is 0 Å². The molecule has 1 aromatic carbocycles. The van der Waals surface area contributed by atoms with Crippen LogP contribution < -0.4 is 4.74 Å². The predicted molar refractivity (Wildman–Crippen MR) is 66.4 cm³/mol. The van der Waals surface area contributed by atoms with Gasteiger partial charge in [0.2, 0.25) is 0 Å². The van der Waals surface area contributed by atoms with Crippen molar-refractivity contribution in [2.24, 2.45) is 0 Å². The van der Waals surface area contributed by atoms with E-state index in [1.54, 1.807) is 37.4 Å². The molecule has 0 bridgehead atoms. The summed E-state index contributed by atoms with van der Waals surface area (Å²) in [4.78, 5) is 4.09. The van der Waals surface area contributed by atoms with Crippen molar-refractivity contribution in [1.82, 2.24) is 4.98 Å². The Morgan fingerprint density at radius 2 is 2.06 bits per heavy atom. The summed E-state index contributed by atoms with van der Waals surface area (Å²) in [5.74, 6) is 1.26. The highest BCUT2D eigenvalue weighted by Crippen LogP contribution is 2.24. The van der Waals surface area contributed by atoms with Crippen molar-refractivity contribution in [3.63, 3.8) is 0 Å². The number of aliphatic hydroxyl groups excluding tert-OH is 1. The van der Waals surface area contributed by atoms with Crippen molar-refractivity contribution < 1.29 is 9.84 Å². The predicted octanol–water partition coefficient (Wildman–Crippen LogP) is 3.58. The third-order valence-electron chi connectivity index (χ3n) is 2.22. The van der Waals surface area contributed by atoms with Crippen LogP contribution in [0.2, 0.25) is 5.02 Å². The number of hydrogen-bond donors (Lipinski definition) is 1. The molecule has 0 saturated carbocycles. The van der Waals surface area contributed by atoms with Gasteiger partial charge in [-0.3, -0.25) is 4.98 Å². The SMILES string of the molecule is CC(O)c1ccc(Oc2cccc(Cl)c2)cn1. The van der Waals surface area contributed by atoms with Gasteiger partial charge in [-0.05, 0) is 37.3 Å².